The van der Waals surface area contributed by atoms with Crippen molar-refractivity contribution >= 4 is 11.9 Å². The number of carboxylic acids is 1. The van der Waals surface area contributed by atoms with E-state index in [2.05, 4.69) is 5.32 Å². The maximum Gasteiger partial charge on any atom is 0.326 e. The quantitative estimate of drug-likeness (QED) is 0.749. The number of hydrogen-bond donors (Lipinski definition) is 2. The summed E-state index contributed by atoms with van der Waals surface area (Å²) in [6, 6.07) is -0.829. The van der Waals surface area contributed by atoms with Gasteiger partial charge in [0.15, 0.2) is 5.79 Å². The molecule has 1 aliphatic heterocycles. The number of carbonyl (C=O) groups is 2. The number of hydrogen-bond acceptors (Lipinski definition) is 4. The van der Waals surface area contributed by atoms with Crippen LogP contribution in [0.4, 0.5) is 0 Å². The molecule has 6 nitrogen and oxygen atoms in total. The van der Waals surface area contributed by atoms with Crippen molar-refractivity contribution in [2.45, 2.75) is 70.6 Å². The Hall–Kier alpha value is -1.14. The van der Waals surface area contributed by atoms with Gasteiger partial charge in [0.05, 0.1) is 19.1 Å². The Morgan fingerprint density at radius 3 is 2.35 bits per heavy atom. The third-order valence-electron chi connectivity index (χ3n) is 5.13. The lowest BCUT2D eigenvalue weighted by Gasteiger charge is -2.32. The molecule has 0 bridgehead atoms. The third kappa shape index (κ3) is 4.67. The number of carboxylic acid groups (broad SMARTS) is 1. The lowest BCUT2D eigenvalue weighted by Crippen LogP contribution is -2.50. The second-order valence-corrected chi connectivity index (χ2v) is 6.81. The van der Waals surface area contributed by atoms with Crippen LogP contribution in [0.25, 0.3) is 0 Å². The average Bonchev–Trinajstić information content (AvgIpc) is 2.95. The molecule has 2 aliphatic rings. The van der Waals surface area contributed by atoms with Crippen LogP contribution in [-0.2, 0) is 19.1 Å². The fourth-order valence-corrected chi connectivity index (χ4v) is 3.78. The third-order valence-corrected chi connectivity index (χ3v) is 5.13. The zero-order valence-electron chi connectivity index (χ0n) is 14.2. The lowest BCUT2D eigenvalue weighted by atomic mass is 9.84. The van der Waals surface area contributed by atoms with Crippen molar-refractivity contribution in [3.63, 3.8) is 0 Å². The first kappa shape index (κ1) is 18.2. The molecule has 0 aromatic carbocycles. The molecule has 0 spiro atoms. The highest BCUT2D eigenvalue weighted by atomic mass is 16.7. The Labute approximate surface area is 137 Å². The summed E-state index contributed by atoms with van der Waals surface area (Å²) in [5, 5.41) is 12.2. The Balaban J connectivity index is 1.97. The van der Waals surface area contributed by atoms with Gasteiger partial charge in [-0.25, -0.2) is 4.79 Å². The van der Waals surface area contributed by atoms with Crippen molar-refractivity contribution in [2.75, 3.05) is 13.2 Å². The first-order chi connectivity index (χ1) is 11.0. The van der Waals surface area contributed by atoms with Crippen LogP contribution >= 0.6 is 0 Å². The van der Waals surface area contributed by atoms with Gasteiger partial charge in [0.1, 0.15) is 6.04 Å². The van der Waals surface area contributed by atoms with Crippen LogP contribution in [0.3, 0.4) is 0 Å². The summed E-state index contributed by atoms with van der Waals surface area (Å²) in [7, 11) is 0. The minimum atomic E-state index is -0.961. The molecule has 2 atom stereocenters. The van der Waals surface area contributed by atoms with E-state index in [1.807, 2.05) is 6.92 Å². The number of ether oxygens (including phenoxy) is 2. The Kier molecular flexibility index (Phi) is 6.41. The molecule has 2 rings (SSSR count). The molecule has 1 unspecified atom stereocenters. The molecule has 2 N–H and O–H groups in total. The van der Waals surface area contributed by atoms with Gasteiger partial charge in [-0.15, -0.1) is 0 Å². The van der Waals surface area contributed by atoms with Gasteiger partial charge in [-0.3, -0.25) is 4.79 Å². The molecule has 23 heavy (non-hydrogen) atoms. The minimum Gasteiger partial charge on any atom is -0.480 e. The molecule has 0 aromatic heterocycles. The van der Waals surface area contributed by atoms with E-state index in [-0.39, 0.29) is 5.91 Å². The second-order valence-electron chi connectivity index (χ2n) is 6.81. The SMILES string of the molecule is CCC(C(=O)N[C@@H](CC1CCCCC1)C(=O)O)C1(C)OCCO1. The Bertz CT molecular complexity index is 413. The van der Waals surface area contributed by atoms with Crippen molar-refractivity contribution in [1.29, 1.82) is 0 Å². The van der Waals surface area contributed by atoms with E-state index in [0.717, 1.165) is 25.7 Å². The predicted molar refractivity (Wildman–Crippen MR) is 84.8 cm³/mol. The summed E-state index contributed by atoms with van der Waals surface area (Å²) in [6.07, 6.45) is 6.70. The van der Waals surface area contributed by atoms with Crippen LogP contribution in [0, 0.1) is 11.8 Å². The molecule has 6 heteroatoms. The van der Waals surface area contributed by atoms with Gasteiger partial charge in [0.2, 0.25) is 5.91 Å². The van der Waals surface area contributed by atoms with E-state index in [0.29, 0.717) is 32.0 Å². The molecule has 132 valence electrons. The normalized spacial score (nSPS) is 24.1. The lowest BCUT2D eigenvalue weighted by molar-refractivity contribution is -0.188. The number of aliphatic carboxylic acids is 1. The van der Waals surface area contributed by atoms with Gasteiger partial charge in [-0.1, -0.05) is 39.0 Å². The molecular formula is C17H29NO5. The summed E-state index contributed by atoms with van der Waals surface area (Å²) in [6.45, 7) is 4.57. The second kappa shape index (κ2) is 8.11. The highest BCUT2D eigenvalue weighted by Gasteiger charge is 2.44. The van der Waals surface area contributed by atoms with Crippen LogP contribution in [0.2, 0.25) is 0 Å². The first-order valence-corrected chi connectivity index (χ1v) is 8.77. The van der Waals surface area contributed by atoms with Crippen LogP contribution in [0.5, 0.6) is 0 Å². The van der Waals surface area contributed by atoms with Crippen LogP contribution in [0.1, 0.15) is 58.8 Å². The maximum atomic E-state index is 12.6. The van der Waals surface area contributed by atoms with E-state index in [1.54, 1.807) is 6.92 Å². The molecule has 2 fully saturated rings. The van der Waals surface area contributed by atoms with Gasteiger partial charge in [-0.2, -0.15) is 0 Å². The number of amides is 1. The van der Waals surface area contributed by atoms with E-state index in [9.17, 15) is 14.7 Å². The Morgan fingerprint density at radius 2 is 1.83 bits per heavy atom. The number of nitrogens with one attached hydrogen (secondary N) is 1. The zero-order chi connectivity index (χ0) is 16.9. The van der Waals surface area contributed by atoms with E-state index >= 15 is 0 Å². The van der Waals surface area contributed by atoms with Crippen LogP contribution < -0.4 is 5.32 Å². The molecule has 1 saturated carbocycles. The number of rotatable bonds is 7. The highest BCUT2D eigenvalue weighted by molar-refractivity contribution is 5.85. The highest BCUT2D eigenvalue weighted by Crippen LogP contribution is 2.31. The summed E-state index contributed by atoms with van der Waals surface area (Å²) in [4.78, 5) is 24.1. The van der Waals surface area contributed by atoms with Crippen molar-refractivity contribution < 1.29 is 24.2 Å². The Morgan fingerprint density at radius 1 is 1.22 bits per heavy atom. The maximum absolute atomic E-state index is 12.6. The monoisotopic (exact) mass is 327 g/mol. The molecule has 0 aromatic rings. The van der Waals surface area contributed by atoms with E-state index < -0.39 is 23.7 Å². The molecule has 0 radical (unpaired) electrons. The largest absolute Gasteiger partial charge is 0.480 e. The molecule has 1 heterocycles. The summed E-state index contributed by atoms with van der Waals surface area (Å²) in [5.74, 6) is -2.32. The standard InChI is InChI=1S/C17H29NO5/c1-3-13(17(2)22-9-10-23-17)15(19)18-14(16(20)21)11-12-7-5-4-6-8-12/h12-14H,3-11H2,1-2H3,(H,18,19)(H,20,21)/t13?,14-/m0/s1. The number of carbonyl (C=O) groups excluding carboxylic acids is 1. The van der Waals surface area contributed by atoms with Crippen molar-refractivity contribution in [2.24, 2.45) is 11.8 Å². The predicted octanol–water partition coefficient (Wildman–Crippen LogP) is 2.32. The van der Waals surface area contributed by atoms with Crippen LogP contribution in [0.15, 0.2) is 0 Å². The summed E-state index contributed by atoms with van der Waals surface area (Å²) >= 11 is 0. The molecule has 1 aliphatic carbocycles. The molecular weight excluding hydrogens is 298 g/mol. The molecule has 1 amide bonds. The van der Waals surface area contributed by atoms with Crippen LogP contribution in [-0.4, -0.2) is 42.0 Å². The van der Waals surface area contributed by atoms with E-state index in [1.165, 1.54) is 6.42 Å². The van der Waals surface area contributed by atoms with Gasteiger partial charge < -0.3 is 19.9 Å². The van der Waals surface area contributed by atoms with Gasteiger partial charge >= 0.3 is 5.97 Å². The fraction of sp³-hybridized carbons (Fsp3) is 0.882. The summed E-state index contributed by atoms with van der Waals surface area (Å²) < 4.78 is 11.2. The van der Waals surface area contributed by atoms with Crippen molar-refractivity contribution in [3.05, 3.63) is 0 Å². The average molecular weight is 327 g/mol. The minimum absolute atomic E-state index is 0.292. The summed E-state index contributed by atoms with van der Waals surface area (Å²) in [5.41, 5.74) is 0. The van der Waals surface area contributed by atoms with Gasteiger partial charge in [-0.05, 0) is 25.7 Å². The zero-order valence-corrected chi connectivity index (χ0v) is 14.2. The van der Waals surface area contributed by atoms with Crippen molar-refractivity contribution in [3.8, 4) is 0 Å². The molecule has 1 saturated heterocycles. The van der Waals surface area contributed by atoms with Gasteiger partial charge in [0, 0.05) is 0 Å². The first-order valence-electron chi connectivity index (χ1n) is 8.77. The smallest absolute Gasteiger partial charge is 0.326 e. The van der Waals surface area contributed by atoms with Crippen molar-refractivity contribution in [1.82, 2.24) is 5.32 Å². The van der Waals surface area contributed by atoms with Gasteiger partial charge in [0.25, 0.3) is 0 Å². The topological polar surface area (TPSA) is 84.9 Å². The fourth-order valence-electron chi connectivity index (χ4n) is 3.78. The van der Waals surface area contributed by atoms with E-state index in [4.69, 9.17) is 9.47 Å².